The molecule has 0 aromatic heterocycles. The highest BCUT2D eigenvalue weighted by Gasteiger charge is 2.25. The summed E-state index contributed by atoms with van der Waals surface area (Å²) >= 11 is 0. The number of amides is 2. The fourth-order valence-corrected chi connectivity index (χ4v) is 4.05. The molecule has 8 heteroatoms. The molecule has 3 rings (SSSR count). The minimum Gasteiger partial charge on any atom is -0.483 e. The summed E-state index contributed by atoms with van der Waals surface area (Å²) in [6.07, 6.45) is 0.549. The summed E-state index contributed by atoms with van der Waals surface area (Å²) in [6, 6.07) is 12.3. The second-order valence-electron chi connectivity index (χ2n) is 9.98. The molecule has 0 atom stereocenters. The summed E-state index contributed by atoms with van der Waals surface area (Å²) < 4.78 is 15.7. The Kier molecular flexibility index (Phi) is 8.96. The van der Waals surface area contributed by atoms with E-state index in [4.69, 9.17) is 14.2 Å². The highest BCUT2D eigenvalue weighted by Crippen LogP contribution is 2.32. The molecular formula is C28H36N2O6. The zero-order valence-electron chi connectivity index (χ0n) is 21.8. The Bertz CT molecular complexity index is 1070. The Hall–Kier alpha value is -3.55. The number of benzene rings is 2. The van der Waals surface area contributed by atoms with E-state index in [2.05, 4.69) is 32.2 Å². The molecule has 1 heterocycles. The molecule has 0 unspecified atom stereocenters. The summed E-state index contributed by atoms with van der Waals surface area (Å²) in [4.78, 5) is 38.6. The molecule has 1 aliphatic rings. The van der Waals surface area contributed by atoms with E-state index < -0.39 is 6.16 Å². The van der Waals surface area contributed by atoms with Crippen molar-refractivity contribution in [1.82, 2.24) is 10.2 Å². The molecule has 2 amide bonds. The number of piperidine rings is 1. The molecule has 0 saturated carbocycles. The molecule has 0 radical (unpaired) electrons. The van der Waals surface area contributed by atoms with Gasteiger partial charge in [-0.05, 0) is 68.0 Å². The van der Waals surface area contributed by atoms with Crippen LogP contribution in [0, 0.1) is 6.92 Å². The van der Waals surface area contributed by atoms with Crippen LogP contribution in [0.1, 0.15) is 62.0 Å². The molecule has 2 aromatic carbocycles. The first kappa shape index (κ1) is 27.0. The summed E-state index contributed by atoms with van der Waals surface area (Å²) in [5.41, 5.74) is 2.61. The molecule has 194 valence electrons. The molecule has 0 aliphatic carbocycles. The van der Waals surface area contributed by atoms with Crippen LogP contribution >= 0.6 is 0 Å². The Labute approximate surface area is 212 Å². The number of ether oxygens (including phenoxy) is 3. The van der Waals surface area contributed by atoms with E-state index in [1.165, 1.54) is 0 Å². The largest absolute Gasteiger partial charge is 0.513 e. The lowest BCUT2D eigenvalue weighted by Crippen LogP contribution is -2.47. The molecule has 1 fully saturated rings. The third-order valence-corrected chi connectivity index (χ3v) is 6.06. The highest BCUT2D eigenvalue weighted by molar-refractivity contribution is 5.94. The van der Waals surface area contributed by atoms with E-state index in [9.17, 15) is 14.4 Å². The summed E-state index contributed by atoms with van der Waals surface area (Å²) in [5.74, 6) is 0.777. The van der Waals surface area contributed by atoms with Gasteiger partial charge in [-0.25, -0.2) is 4.79 Å². The van der Waals surface area contributed by atoms with Crippen LogP contribution in [0.5, 0.6) is 11.5 Å². The van der Waals surface area contributed by atoms with Crippen molar-refractivity contribution in [3.63, 3.8) is 0 Å². The van der Waals surface area contributed by atoms with E-state index in [0.29, 0.717) is 37.2 Å². The number of rotatable bonds is 7. The van der Waals surface area contributed by atoms with Crippen molar-refractivity contribution in [2.45, 2.75) is 58.9 Å². The molecule has 36 heavy (non-hydrogen) atoms. The Morgan fingerprint density at radius 2 is 1.69 bits per heavy atom. The van der Waals surface area contributed by atoms with Gasteiger partial charge in [0.15, 0.2) is 6.61 Å². The zero-order valence-corrected chi connectivity index (χ0v) is 21.8. The fraction of sp³-hybridized carbons (Fsp3) is 0.464. The predicted octanol–water partition coefficient (Wildman–Crippen LogP) is 4.63. The van der Waals surface area contributed by atoms with Gasteiger partial charge in [0.2, 0.25) is 0 Å². The van der Waals surface area contributed by atoms with Crippen LogP contribution in [0.4, 0.5) is 4.79 Å². The van der Waals surface area contributed by atoms with Crippen molar-refractivity contribution < 1.29 is 28.6 Å². The SMILES string of the molecule is CCOC(=O)Oc1ccc(C(=O)NC2CCN(C(=O)COc3ccc(C)cc3C(C)(C)C)CC2)cc1. The number of hydrogen-bond acceptors (Lipinski definition) is 6. The van der Waals surface area contributed by atoms with Crippen LogP contribution in [0.2, 0.25) is 0 Å². The van der Waals surface area contributed by atoms with E-state index in [0.717, 1.165) is 16.9 Å². The summed E-state index contributed by atoms with van der Waals surface area (Å²) in [7, 11) is 0. The molecule has 2 aromatic rings. The van der Waals surface area contributed by atoms with Gasteiger partial charge in [0.1, 0.15) is 11.5 Å². The van der Waals surface area contributed by atoms with E-state index in [1.807, 2.05) is 19.1 Å². The van der Waals surface area contributed by atoms with Crippen molar-refractivity contribution in [3.05, 3.63) is 59.2 Å². The first-order chi connectivity index (χ1) is 17.1. The van der Waals surface area contributed by atoms with Crippen molar-refractivity contribution in [2.24, 2.45) is 0 Å². The molecule has 1 N–H and O–H groups in total. The maximum Gasteiger partial charge on any atom is 0.513 e. The second-order valence-corrected chi connectivity index (χ2v) is 9.98. The summed E-state index contributed by atoms with van der Waals surface area (Å²) in [6.45, 7) is 11.4. The van der Waals surface area contributed by atoms with Crippen molar-refractivity contribution in [3.8, 4) is 11.5 Å². The minimum atomic E-state index is -0.782. The Morgan fingerprint density at radius 3 is 2.31 bits per heavy atom. The van der Waals surface area contributed by atoms with Gasteiger partial charge in [-0.15, -0.1) is 0 Å². The number of likely N-dealkylation sites (tertiary alicyclic amines) is 1. The Balaban J connectivity index is 1.46. The lowest BCUT2D eigenvalue weighted by atomic mass is 9.85. The number of nitrogens with one attached hydrogen (secondary N) is 1. The maximum absolute atomic E-state index is 12.8. The number of hydrogen-bond donors (Lipinski definition) is 1. The van der Waals surface area contributed by atoms with Gasteiger partial charge in [-0.2, -0.15) is 0 Å². The molecule has 0 bridgehead atoms. The van der Waals surface area contributed by atoms with Crippen LogP contribution in [0.3, 0.4) is 0 Å². The molecule has 1 aliphatic heterocycles. The van der Waals surface area contributed by atoms with E-state index >= 15 is 0 Å². The van der Waals surface area contributed by atoms with Crippen molar-refractivity contribution in [1.29, 1.82) is 0 Å². The van der Waals surface area contributed by atoms with E-state index in [1.54, 1.807) is 36.1 Å². The average Bonchev–Trinajstić information content (AvgIpc) is 2.83. The van der Waals surface area contributed by atoms with E-state index in [-0.39, 0.29) is 36.5 Å². The monoisotopic (exact) mass is 496 g/mol. The lowest BCUT2D eigenvalue weighted by Gasteiger charge is -2.32. The van der Waals surface area contributed by atoms with Gasteiger partial charge in [-0.1, -0.05) is 38.5 Å². The number of aryl methyl sites for hydroxylation is 1. The van der Waals surface area contributed by atoms with Crippen LogP contribution in [0.15, 0.2) is 42.5 Å². The Morgan fingerprint density at radius 1 is 1.03 bits per heavy atom. The number of carbonyl (C=O) groups is 3. The topological polar surface area (TPSA) is 94.2 Å². The highest BCUT2D eigenvalue weighted by atomic mass is 16.7. The average molecular weight is 497 g/mol. The fourth-order valence-electron chi connectivity index (χ4n) is 4.05. The first-order valence-corrected chi connectivity index (χ1v) is 12.3. The number of nitrogens with zero attached hydrogens (tertiary/aromatic N) is 1. The third-order valence-electron chi connectivity index (χ3n) is 6.06. The quantitative estimate of drug-likeness (QED) is 0.444. The zero-order chi connectivity index (χ0) is 26.3. The first-order valence-electron chi connectivity index (χ1n) is 12.3. The molecule has 1 saturated heterocycles. The van der Waals surface area contributed by atoms with Gasteiger partial charge in [0, 0.05) is 24.7 Å². The summed E-state index contributed by atoms with van der Waals surface area (Å²) in [5, 5.41) is 3.02. The van der Waals surface area contributed by atoms with Crippen LogP contribution in [0.25, 0.3) is 0 Å². The molecule has 8 nitrogen and oxygen atoms in total. The van der Waals surface area contributed by atoms with Gasteiger partial charge in [0.05, 0.1) is 6.61 Å². The minimum absolute atomic E-state index is 0.0105. The predicted molar refractivity (Wildman–Crippen MR) is 137 cm³/mol. The second kappa shape index (κ2) is 11.9. The van der Waals surface area contributed by atoms with Crippen LogP contribution < -0.4 is 14.8 Å². The normalized spacial score (nSPS) is 14.2. The molecular weight excluding hydrogens is 460 g/mol. The third kappa shape index (κ3) is 7.47. The van der Waals surface area contributed by atoms with Crippen molar-refractivity contribution in [2.75, 3.05) is 26.3 Å². The van der Waals surface area contributed by atoms with Crippen LogP contribution in [-0.4, -0.2) is 55.2 Å². The van der Waals surface area contributed by atoms with Crippen molar-refractivity contribution >= 4 is 18.0 Å². The van der Waals surface area contributed by atoms with Gasteiger partial charge in [0.25, 0.3) is 11.8 Å². The maximum atomic E-state index is 12.8. The van der Waals surface area contributed by atoms with Crippen LogP contribution in [-0.2, 0) is 14.9 Å². The molecule has 0 spiro atoms. The smallest absolute Gasteiger partial charge is 0.483 e. The number of carbonyl (C=O) groups excluding carboxylic acids is 3. The standard InChI is InChI=1S/C28H36N2O6/c1-6-34-27(33)36-22-10-8-20(9-11-22)26(32)29-21-13-15-30(16-14-21)25(31)18-35-24-12-7-19(2)17-23(24)28(3,4)5/h7-12,17,21H,6,13-16,18H2,1-5H3,(H,29,32). The van der Waals surface area contributed by atoms with Gasteiger partial charge >= 0.3 is 6.16 Å². The van der Waals surface area contributed by atoms with Gasteiger partial charge < -0.3 is 24.4 Å². The lowest BCUT2D eigenvalue weighted by molar-refractivity contribution is -0.134. The van der Waals surface area contributed by atoms with Gasteiger partial charge in [-0.3, -0.25) is 9.59 Å².